The van der Waals surface area contributed by atoms with E-state index in [0.29, 0.717) is 4.88 Å². The van der Waals surface area contributed by atoms with Gasteiger partial charge in [0.2, 0.25) is 0 Å². The number of halogens is 1. The summed E-state index contributed by atoms with van der Waals surface area (Å²) in [5, 5.41) is 15.0. The van der Waals surface area contributed by atoms with Crippen LogP contribution in [-0.4, -0.2) is 22.9 Å². The number of nitro groups is 1. The normalized spacial score (nSPS) is 11.6. The zero-order valence-corrected chi connectivity index (χ0v) is 13.4. The minimum Gasteiger partial charge on any atom is -0.448 e. The standard InChI is InChI=1S/C14H11ClN2O5S/c1-8(22-14(19)12-3-2-6-23-12)13(18)16-11-7-9(17(20)21)4-5-10(11)15/h2-8H,1H3,(H,16,18). The molecule has 1 N–H and O–H groups in total. The molecule has 0 bridgehead atoms. The second-order valence-electron chi connectivity index (χ2n) is 4.44. The molecule has 1 amide bonds. The first-order valence-electron chi connectivity index (χ1n) is 6.38. The summed E-state index contributed by atoms with van der Waals surface area (Å²) in [5.74, 6) is -1.26. The highest BCUT2D eigenvalue weighted by atomic mass is 35.5. The first-order valence-corrected chi connectivity index (χ1v) is 7.63. The van der Waals surface area contributed by atoms with Gasteiger partial charge in [-0.1, -0.05) is 17.7 Å². The van der Waals surface area contributed by atoms with Crippen LogP contribution in [0.25, 0.3) is 0 Å². The topological polar surface area (TPSA) is 98.5 Å². The number of anilines is 1. The van der Waals surface area contributed by atoms with Crippen molar-refractivity contribution in [2.75, 3.05) is 5.32 Å². The molecular weight excluding hydrogens is 344 g/mol. The second kappa shape index (κ2) is 7.21. The summed E-state index contributed by atoms with van der Waals surface area (Å²) in [7, 11) is 0. The summed E-state index contributed by atoms with van der Waals surface area (Å²) in [4.78, 5) is 34.3. The molecule has 1 atom stereocenters. The average molecular weight is 355 g/mol. The van der Waals surface area contributed by atoms with E-state index < -0.39 is 22.9 Å². The average Bonchev–Trinajstić information content (AvgIpc) is 3.03. The summed E-state index contributed by atoms with van der Waals surface area (Å²) < 4.78 is 5.03. The molecule has 0 aliphatic rings. The van der Waals surface area contributed by atoms with Crippen LogP contribution in [0, 0.1) is 10.1 Å². The number of esters is 1. The van der Waals surface area contributed by atoms with Gasteiger partial charge in [-0.3, -0.25) is 14.9 Å². The monoisotopic (exact) mass is 354 g/mol. The van der Waals surface area contributed by atoms with Crippen molar-refractivity contribution < 1.29 is 19.2 Å². The number of hydrogen-bond acceptors (Lipinski definition) is 6. The smallest absolute Gasteiger partial charge is 0.349 e. The Morgan fingerprint density at radius 2 is 2.13 bits per heavy atom. The number of thiophene rings is 1. The number of amides is 1. The lowest BCUT2D eigenvalue weighted by molar-refractivity contribution is -0.384. The van der Waals surface area contributed by atoms with Gasteiger partial charge in [0.1, 0.15) is 4.88 Å². The Labute approximate surface area is 140 Å². The van der Waals surface area contributed by atoms with Gasteiger partial charge >= 0.3 is 5.97 Å². The number of nitrogens with zero attached hydrogens (tertiary/aromatic N) is 1. The maximum atomic E-state index is 12.0. The minimum absolute atomic E-state index is 0.0740. The molecule has 2 aromatic rings. The fraction of sp³-hybridized carbons (Fsp3) is 0.143. The Bertz CT molecular complexity index is 748. The lowest BCUT2D eigenvalue weighted by atomic mass is 10.2. The Morgan fingerprint density at radius 1 is 1.39 bits per heavy atom. The number of carbonyl (C=O) groups excluding carboxylic acids is 2. The van der Waals surface area contributed by atoms with Gasteiger partial charge in [0, 0.05) is 12.1 Å². The van der Waals surface area contributed by atoms with Crippen molar-refractivity contribution in [1.82, 2.24) is 0 Å². The van der Waals surface area contributed by atoms with Crippen LogP contribution in [0.15, 0.2) is 35.7 Å². The van der Waals surface area contributed by atoms with Gasteiger partial charge in [0.25, 0.3) is 11.6 Å². The summed E-state index contributed by atoms with van der Waals surface area (Å²) in [6, 6.07) is 6.92. The Morgan fingerprint density at radius 3 is 2.74 bits per heavy atom. The number of ether oxygens (including phenoxy) is 1. The van der Waals surface area contributed by atoms with Crippen molar-refractivity contribution in [2.24, 2.45) is 0 Å². The van der Waals surface area contributed by atoms with E-state index in [1.165, 1.54) is 30.4 Å². The lowest BCUT2D eigenvalue weighted by Gasteiger charge is -2.13. The molecule has 0 aliphatic heterocycles. The zero-order chi connectivity index (χ0) is 17.0. The van der Waals surface area contributed by atoms with Crippen molar-refractivity contribution in [3.63, 3.8) is 0 Å². The van der Waals surface area contributed by atoms with E-state index in [1.54, 1.807) is 17.5 Å². The molecule has 9 heteroatoms. The highest BCUT2D eigenvalue weighted by molar-refractivity contribution is 7.11. The van der Waals surface area contributed by atoms with E-state index in [4.69, 9.17) is 16.3 Å². The third-order valence-corrected chi connectivity index (χ3v) is 3.97. The van der Waals surface area contributed by atoms with E-state index in [1.807, 2.05) is 0 Å². The van der Waals surface area contributed by atoms with Crippen molar-refractivity contribution in [2.45, 2.75) is 13.0 Å². The van der Waals surface area contributed by atoms with Crippen LogP contribution < -0.4 is 5.32 Å². The predicted octanol–water partition coefficient (Wildman–Crippen LogP) is 3.49. The number of non-ortho nitro benzene ring substituents is 1. The van der Waals surface area contributed by atoms with Gasteiger partial charge in [-0.05, 0) is 24.4 Å². The predicted molar refractivity (Wildman–Crippen MR) is 85.9 cm³/mol. The molecule has 1 heterocycles. The summed E-state index contributed by atoms with van der Waals surface area (Å²) in [6.45, 7) is 1.39. The molecule has 1 aromatic heterocycles. The van der Waals surface area contributed by atoms with E-state index >= 15 is 0 Å². The summed E-state index contributed by atoms with van der Waals surface area (Å²) in [6.07, 6.45) is -1.08. The van der Waals surface area contributed by atoms with Gasteiger partial charge in [-0.2, -0.15) is 0 Å². The Balaban J connectivity index is 2.05. The molecule has 1 aromatic carbocycles. The van der Waals surface area contributed by atoms with E-state index in [-0.39, 0.29) is 16.4 Å². The van der Waals surface area contributed by atoms with Crippen molar-refractivity contribution in [3.8, 4) is 0 Å². The minimum atomic E-state index is -1.08. The third kappa shape index (κ3) is 4.27. The summed E-state index contributed by atoms with van der Waals surface area (Å²) >= 11 is 7.09. The zero-order valence-electron chi connectivity index (χ0n) is 11.8. The molecule has 0 aliphatic carbocycles. The third-order valence-electron chi connectivity index (χ3n) is 2.79. The van der Waals surface area contributed by atoms with Gasteiger partial charge < -0.3 is 10.1 Å². The number of rotatable bonds is 5. The molecule has 23 heavy (non-hydrogen) atoms. The maximum absolute atomic E-state index is 12.0. The van der Waals surface area contributed by atoms with Gasteiger partial charge in [-0.15, -0.1) is 11.3 Å². The molecule has 0 radical (unpaired) electrons. The number of nitro benzene ring substituents is 1. The highest BCUT2D eigenvalue weighted by Gasteiger charge is 2.21. The highest BCUT2D eigenvalue weighted by Crippen LogP contribution is 2.27. The van der Waals surface area contributed by atoms with Crippen LogP contribution in [-0.2, 0) is 9.53 Å². The molecule has 2 rings (SSSR count). The molecule has 0 saturated carbocycles. The summed E-state index contributed by atoms with van der Waals surface area (Å²) in [5.41, 5.74) is -0.141. The maximum Gasteiger partial charge on any atom is 0.349 e. The largest absolute Gasteiger partial charge is 0.448 e. The van der Waals surface area contributed by atoms with Crippen LogP contribution in [0.2, 0.25) is 5.02 Å². The first kappa shape index (κ1) is 16.9. The van der Waals surface area contributed by atoms with Gasteiger partial charge in [0.15, 0.2) is 6.10 Å². The number of nitrogens with one attached hydrogen (secondary N) is 1. The molecule has 1 unspecified atom stereocenters. The van der Waals surface area contributed by atoms with Crippen LogP contribution in [0.4, 0.5) is 11.4 Å². The fourth-order valence-electron chi connectivity index (χ4n) is 1.62. The molecule has 120 valence electrons. The van der Waals surface area contributed by atoms with Crippen molar-refractivity contribution in [3.05, 3.63) is 55.7 Å². The molecular formula is C14H11ClN2O5S. The fourth-order valence-corrected chi connectivity index (χ4v) is 2.39. The van der Waals surface area contributed by atoms with E-state index in [9.17, 15) is 19.7 Å². The molecule has 0 fully saturated rings. The Hall–Kier alpha value is -2.45. The quantitative estimate of drug-likeness (QED) is 0.503. The van der Waals surface area contributed by atoms with Gasteiger partial charge in [-0.25, -0.2) is 4.79 Å². The number of benzene rings is 1. The van der Waals surface area contributed by atoms with Crippen LogP contribution in [0.5, 0.6) is 0 Å². The second-order valence-corrected chi connectivity index (χ2v) is 5.79. The Kier molecular flexibility index (Phi) is 5.30. The van der Waals surface area contributed by atoms with Crippen molar-refractivity contribution in [1.29, 1.82) is 0 Å². The SMILES string of the molecule is CC(OC(=O)c1cccs1)C(=O)Nc1cc([N+](=O)[O-])ccc1Cl. The number of carbonyl (C=O) groups is 2. The van der Waals surface area contributed by atoms with Crippen molar-refractivity contribution >= 4 is 46.2 Å². The van der Waals surface area contributed by atoms with Crippen LogP contribution in [0.3, 0.4) is 0 Å². The molecule has 7 nitrogen and oxygen atoms in total. The van der Waals surface area contributed by atoms with E-state index in [2.05, 4.69) is 5.32 Å². The lowest BCUT2D eigenvalue weighted by Crippen LogP contribution is -2.29. The molecule has 0 spiro atoms. The number of hydrogen-bond donors (Lipinski definition) is 1. The van der Waals surface area contributed by atoms with Gasteiger partial charge in [0.05, 0.1) is 15.6 Å². The molecule has 0 saturated heterocycles. The van der Waals surface area contributed by atoms with Crippen LogP contribution >= 0.6 is 22.9 Å². The first-order chi connectivity index (χ1) is 10.9. The van der Waals surface area contributed by atoms with E-state index in [0.717, 1.165) is 6.07 Å². The van der Waals surface area contributed by atoms with Crippen LogP contribution in [0.1, 0.15) is 16.6 Å².